The van der Waals surface area contributed by atoms with Crippen molar-refractivity contribution in [2.45, 2.75) is 51.4 Å². The van der Waals surface area contributed by atoms with E-state index in [0.717, 1.165) is 36.9 Å². The van der Waals surface area contributed by atoms with Crippen molar-refractivity contribution in [1.82, 2.24) is 15.0 Å². The number of rotatable bonds is 4. The molecular weight excluding hydrogens is 262 g/mol. The van der Waals surface area contributed by atoms with Gasteiger partial charge < -0.3 is 0 Å². The van der Waals surface area contributed by atoms with Crippen LogP contribution < -0.4 is 0 Å². The van der Waals surface area contributed by atoms with Crippen LogP contribution in [0.15, 0.2) is 24.3 Å². The first-order valence-electron chi connectivity index (χ1n) is 7.83. The van der Waals surface area contributed by atoms with E-state index in [2.05, 4.69) is 41.5 Å². The van der Waals surface area contributed by atoms with E-state index in [-0.39, 0.29) is 0 Å². The molecule has 1 aliphatic rings. The summed E-state index contributed by atoms with van der Waals surface area (Å²) >= 11 is 0. The molecule has 1 heterocycles. The summed E-state index contributed by atoms with van der Waals surface area (Å²) in [4.78, 5) is 11.3. The van der Waals surface area contributed by atoms with Crippen LogP contribution >= 0.6 is 0 Å². The molecule has 3 rings (SSSR count). The third-order valence-corrected chi connectivity index (χ3v) is 4.43. The summed E-state index contributed by atoms with van der Waals surface area (Å²) < 4.78 is 1.86. The van der Waals surface area contributed by atoms with Crippen LogP contribution in [0.3, 0.4) is 0 Å². The first-order valence-corrected chi connectivity index (χ1v) is 7.83. The number of nitrogens with zero attached hydrogens (tertiary/aromatic N) is 3. The fourth-order valence-corrected chi connectivity index (χ4v) is 3.21. The molecule has 1 aromatic carbocycles. The van der Waals surface area contributed by atoms with E-state index in [1.165, 1.54) is 24.8 Å². The highest BCUT2D eigenvalue weighted by Gasteiger charge is 2.24. The maximum Gasteiger partial charge on any atom is 0.172 e. The summed E-state index contributed by atoms with van der Waals surface area (Å²) in [7, 11) is 0. The lowest BCUT2D eigenvalue weighted by Gasteiger charge is -2.22. The van der Waals surface area contributed by atoms with Gasteiger partial charge in [0.15, 0.2) is 6.29 Å². The Balaban J connectivity index is 2.00. The zero-order valence-electron chi connectivity index (χ0n) is 12.5. The van der Waals surface area contributed by atoms with Crippen molar-refractivity contribution >= 4 is 6.29 Å². The molecular formula is C17H21N3O. The summed E-state index contributed by atoms with van der Waals surface area (Å²) in [5.74, 6) is 0.403. The first kappa shape index (κ1) is 14.0. The third-order valence-electron chi connectivity index (χ3n) is 4.43. The quantitative estimate of drug-likeness (QED) is 0.804. The number of hydrogen-bond donors (Lipinski definition) is 0. The van der Waals surface area contributed by atoms with E-state index >= 15 is 0 Å². The first-order chi connectivity index (χ1) is 10.3. The highest BCUT2D eigenvalue weighted by Crippen LogP contribution is 2.34. The lowest BCUT2D eigenvalue weighted by Crippen LogP contribution is -2.12. The molecule has 0 N–H and O–H groups in total. The molecule has 0 unspecified atom stereocenters. The van der Waals surface area contributed by atoms with E-state index in [1.807, 2.05) is 4.68 Å². The molecule has 0 atom stereocenters. The standard InChI is InChI=1S/C17H21N3O/c1-2-13-8-10-15(11-9-13)20-17(16(12-21)18-19-20)14-6-4-3-5-7-14/h8-12,14H,2-7H2,1H3. The Morgan fingerprint density at radius 1 is 1.19 bits per heavy atom. The van der Waals surface area contributed by atoms with Gasteiger partial charge in [0.25, 0.3) is 0 Å². The summed E-state index contributed by atoms with van der Waals surface area (Å²) in [5.41, 5.74) is 3.79. The van der Waals surface area contributed by atoms with E-state index in [9.17, 15) is 4.79 Å². The van der Waals surface area contributed by atoms with E-state index in [0.29, 0.717) is 11.6 Å². The number of hydrogen-bond acceptors (Lipinski definition) is 3. The summed E-state index contributed by atoms with van der Waals surface area (Å²) in [6, 6.07) is 8.35. The van der Waals surface area contributed by atoms with Crippen molar-refractivity contribution in [3.05, 3.63) is 41.2 Å². The highest BCUT2D eigenvalue weighted by molar-refractivity contribution is 5.74. The second-order valence-electron chi connectivity index (χ2n) is 5.74. The Morgan fingerprint density at radius 3 is 2.52 bits per heavy atom. The number of carbonyl (C=O) groups is 1. The molecule has 1 aromatic heterocycles. The molecule has 1 fully saturated rings. The van der Waals surface area contributed by atoms with Gasteiger partial charge in [0.05, 0.1) is 11.4 Å². The predicted molar refractivity (Wildman–Crippen MR) is 82.0 cm³/mol. The van der Waals surface area contributed by atoms with Crippen molar-refractivity contribution in [3.8, 4) is 5.69 Å². The maximum absolute atomic E-state index is 11.3. The smallest absolute Gasteiger partial charge is 0.172 e. The van der Waals surface area contributed by atoms with Gasteiger partial charge in [-0.2, -0.15) is 0 Å². The van der Waals surface area contributed by atoms with Crippen LogP contribution in [0.1, 0.15) is 66.7 Å². The number of carbonyl (C=O) groups excluding carboxylic acids is 1. The number of benzene rings is 1. The van der Waals surface area contributed by atoms with Crippen LogP contribution in [-0.2, 0) is 6.42 Å². The van der Waals surface area contributed by atoms with Gasteiger partial charge in [0.2, 0.25) is 0 Å². The average Bonchev–Trinajstić information content (AvgIpc) is 2.99. The Morgan fingerprint density at radius 2 is 1.90 bits per heavy atom. The van der Waals surface area contributed by atoms with Gasteiger partial charge >= 0.3 is 0 Å². The lowest BCUT2D eigenvalue weighted by atomic mass is 9.86. The van der Waals surface area contributed by atoms with Crippen LogP contribution in [0, 0.1) is 0 Å². The topological polar surface area (TPSA) is 47.8 Å². The molecule has 0 radical (unpaired) electrons. The number of aryl methyl sites for hydroxylation is 1. The molecule has 21 heavy (non-hydrogen) atoms. The Bertz CT molecular complexity index is 609. The Labute approximate surface area is 125 Å². The molecule has 0 saturated heterocycles. The monoisotopic (exact) mass is 283 g/mol. The van der Waals surface area contributed by atoms with Gasteiger partial charge in [-0.25, -0.2) is 4.68 Å². The van der Waals surface area contributed by atoms with Crippen molar-refractivity contribution in [2.24, 2.45) is 0 Å². The van der Waals surface area contributed by atoms with Crippen LogP contribution in [0.4, 0.5) is 0 Å². The predicted octanol–water partition coefficient (Wildman–Crippen LogP) is 3.69. The Hall–Kier alpha value is -1.97. The minimum atomic E-state index is 0.403. The number of aromatic nitrogens is 3. The third kappa shape index (κ3) is 2.75. The molecule has 1 aliphatic carbocycles. The van der Waals surface area contributed by atoms with Gasteiger partial charge in [-0.05, 0) is 37.0 Å². The minimum absolute atomic E-state index is 0.403. The van der Waals surface area contributed by atoms with Gasteiger partial charge in [-0.1, -0.05) is 43.5 Å². The molecule has 0 aliphatic heterocycles. The lowest BCUT2D eigenvalue weighted by molar-refractivity contribution is 0.111. The fourth-order valence-electron chi connectivity index (χ4n) is 3.21. The molecule has 0 bridgehead atoms. The van der Waals surface area contributed by atoms with Crippen molar-refractivity contribution in [2.75, 3.05) is 0 Å². The molecule has 2 aromatic rings. The average molecular weight is 283 g/mol. The van der Waals surface area contributed by atoms with Gasteiger partial charge in [-0.3, -0.25) is 4.79 Å². The molecule has 0 amide bonds. The molecule has 4 nitrogen and oxygen atoms in total. The molecule has 4 heteroatoms. The second kappa shape index (κ2) is 6.20. The zero-order valence-corrected chi connectivity index (χ0v) is 12.5. The SMILES string of the molecule is CCc1ccc(-n2nnc(C=O)c2C2CCCCC2)cc1. The van der Waals surface area contributed by atoms with E-state index in [1.54, 1.807) is 0 Å². The molecule has 110 valence electrons. The van der Waals surface area contributed by atoms with Crippen LogP contribution in [0.25, 0.3) is 5.69 Å². The summed E-state index contributed by atoms with van der Waals surface area (Å²) in [5, 5.41) is 8.30. The fraction of sp³-hybridized carbons (Fsp3) is 0.471. The largest absolute Gasteiger partial charge is 0.296 e. The van der Waals surface area contributed by atoms with Crippen molar-refractivity contribution in [3.63, 3.8) is 0 Å². The van der Waals surface area contributed by atoms with E-state index < -0.39 is 0 Å². The maximum atomic E-state index is 11.3. The second-order valence-corrected chi connectivity index (χ2v) is 5.74. The van der Waals surface area contributed by atoms with Crippen molar-refractivity contribution in [1.29, 1.82) is 0 Å². The van der Waals surface area contributed by atoms with Gasteiger partial charge in [-0.15, -0.1) is 5.10 Å². The summed E-state index contributed by atoms with van der Waals surface area (Å²) in [6.45, 7) is 2.14. The minimum Gasteiger partial charge on any atom is -0.296 e. The Kier molecular flexibility index (Phi) is 4.13. The van der Waals surface area contributed by atoms with Gasteiger partial charge in [0, 0.05) is 5.92 Å². The zero-order chi connectivity index (χ0) is 14.7. The highest BCUT2D eigenvalue weighted by atomic mass is 16.1. The van der Waals surface area contributed by atoms with Crippen LogP contribution in [-0.4, -0.2) is 21.3 Å². The van der Waals surface area contributed by atoms with Crippen LogP contribution in [0.2, 0.25) is 0 Å². The molecule has 1 saturated carbocycles. The number of aldehydes is 1. The molecule has 0 spiro atoms. The summed E-state index contributed by atoms with van der Waals surface area (Å²) in [6.07, 6.45) is 7.86. The normalized spacial score (nSPS) is 16.0. The van der Waals surface area contributed by atoms with Crippen LogP contribution in [0.5, 0.6) is 0 Å². The van der Waals surface area contributed by atoms with Crippen molar-refractivity contribution < 1.29 is 4.79 Å². The van der Waals surface area contributed by atoms with E-state index in [4.69, 9.17) is 0 Å². The van der Waals surface area contributed by atoms with Gasteiger partial charge in [0.1, 0.15) is 5.69 Å².